The van der Waals surface area contributed by atoms with Gasteiger partial charge in [-0.3, -0.25) is 4.79 Å². The Labute approximate surface area is 109 Å². The fraction of sp³-hybridized carbons (Fsp3) is 0.333. The molecule has 0 saturated carbocycles. The Morgan fingerprint density at radius 2 is 2.16 bits per heavy atom. The molecule has 7 nitrogen and oxygen atoms in total. The Bertz CT molecular complexity index is 510. The van der Waals surface area contributed by atoms with Crippen molar-refractivity contribution in [2.45, 2.75) is 0 Å². The second-order valence-electron chi connectivity index (χ2n) is 4.02. The number of hydrogen-bond acceptors (Lipinski definition) is 5. The number of amides is 1. The molecule has 0 aliphatic carbocycles. The second-order valence-corrected chi connectivity index (χ2v) is 4.02. The molecule has 0 spiro atoms. The summed E-state index contributed by atoms with van der Waals surface area (Å²) in [4.78, 5) is 26.7. The first-order valence-corrected chi connectivity index (χ1v) is 5.90. The molecule has 1 aliphatic rings. The van der Waals surface area contributed by atoms with E-state index in [1.54, 1.807) is 24.3 Å². The van der Waals surface area contributed by atoms with Gasteiger partial charge in [-0.05, 0) is 12.1 Å². The summed E-state index contributed by atoms with van der Waals surface area (Å²) in [7, 11) is 0. The summed E-state index contributed by atoms with van der Waals surface area (Å²) in [6, 6.07) is 6.88. The minimum absolute atomic E-state index is 0.0871. The molecule has 1 aliphatic heterocycles. The Hall–Kier alpha value is -2.28. The molecule has 0 unspecified atom stereocenters. The smallest absolute Gasteiger partial charge is 0.287 e. The molecule has 100 valence electrons. The molecule has 0 fully saturated rings. The minimum Gasteiger partial charge on any atom is -0.395 e. The Morgan fingerprint density at radius 1 is 1.42 bits per heavy atom. The lowest BCUT2D eigenvalue weighted by molar-refractivity contribution is -0.552. The number of aliphatic imine (C=N–C) groups is 1. The first-order chi connectivity index (χ1) is 9.20. The minimum atomic E-state index is -0.232. The molecular formula is C12H15N4O3+. The molecule has 2 rings (SSSR count). The summed E-state index contributed by atoms with van der Waals surface area (Å²) < 4.78 is 0.806. The predicted octanol–water partition coefficient (Wildman–Crippen LogP) is -0.548. The first kappa shape index (κ1) is 13.2. The van der Waals surface area contributed by atoms with Gasteiger partial charge in [-0.2, -0.15) is 4.99 Å². The molecule has 1 aromatic carbocycles. The van der Waals surface area contributed by atoms with E-state index in [1.807, 2.05) is 0 Å². The second kappa shape index (κ2) is 6.05. The Kier molecular flexibility index (Phi) is 4.19. The molecule has 1 amide bonds. The number of nitrogens with one attached hydrogen (secondary N) is 2. The van der Waals surface area contributed by atoms with Crippen molar-refractivity contribution in [2.24, 2.45) is 4.99 Å². The third-order valence-electron chi connectivity index (χ3n) is 2.63. The Morgan fingerprint density at radius 3 is 2.74 bits per heavy atom. The summed E-state index contributed by atoms with van der Waals surface area (Å²) in [5.74, 6) is 0.416. The molecule has 0 saturated heterocycles. The van der Waals surface area contributed by atoms with Crippen molar-refractivity contribution < 1.29 is 14.7 Å². The summed E-state index contributed by atoms with van der Waals surface area (Å²) in [5.41, 5.74) is 1.34. The molecule has 0 aromatic heterocycles. The highest BCUT2D eigenvalue weighted by atomic mass is 16.3. The normalized spacial score (nSPS) is 14.6. The van der Waals surface area contributed by atoms with Crippen LogP contribution in [0.3, 0.4) is 0 Å². The fourth-order valence-electron chi connectivity index (χ4n) is 1.66. The molecule has 3 N–H and O–H groups in total. The van der Waals surface area contributed by atoms with Gasteiger partial charge in [0.25, 0.3) is 19.2 Å². The zero-order valence-electron chi connectivity index (χ0n) is 10.3. The number of nitrogens with zero attached hydrogens (tertiary/aromatic N) is 2. The number of amidine groups is 1. The maximum Gasteiger partial charge on any atom is 0.287 e. The van der Waals surface area contributed by atoms with Gasteiger partial charge in [-0.1, -0.05) is 12.1 Å². The van der Waals surface area contributed by atoms with Gasteiger partial charge in [0.05, 0.1) is 6.61 Å². The van der Waals surface area contributed by atoms with Crippen molar-refractivity contribution in [3.63, 3.8) is 0 Å². The van der Waals surface area contributed by atoms with Gasteiger partial charge < -0.3 is 15.7 Å². The topological polar surface area (TPSA) is 93.8 Å². The zero-order valence-corrected chi connectivity index (χ0v) is 10.3. The largest absolute Gasteiger partial charge is 0.395 e. The standard InChI is InChI=1S/C12H14N4O3/c17-6-5-13-12(18)10-3-1-9(2-4-10)11-14-7-16(19)8-15-11/h1-4,17H,5-8H2,(H-,13,14,15,18)/p+1. The molecule has 0 atom stereocenters. The van der Waals surface area contributed by atoms with Crippen LogP contribution in [0.15, 0.2) is 29.3 Å². The van der Waals surface area contributed by atoms with Crippen molar-refractivity contribution in [1.29, 1.82) is 0 Å². The van der Waals surface area contributed by atoms with Crippen LogP contribution in [0.4, 0.5) is 0 Å². The third kappa shape index (κ3) is 3.35. The van der Waals surface area contributed by atoms with Gasteiger partial charge in [0.2, 0.25) is 0 Å². The van der Waals surface area contributed by atoms with Crippen LogP contribution >= 0.6 is 0 Å². The van der Waals surface area contributed by atoms with Crippen molar-refractivity contribution in [3.05, 3.63) is 40.3 Å². The summed E-state index contributed by atoms with van der Waals surface area (Å²) in [6.07, 6.45) is 0. The number of aliphatic hydroxyl groups excluding tert-OH is 1. The van der Waals surface area contributed by atoms with E-state index in [-0.39, 0.29) is 32.4 Å². The number of hydrogen-bond donors (Lipinski definition) is 3. The zero-order chi connectivity index (χ0) is 13.7. The number of carbonyl (C=O) groups excluding carboxylic acids is 1. The van der Waals surface area contributed by atoms with Crippen LogP contribution in [0.25, 0.3) is 0 Å². The van der Waals surface area contributed by atoms with E-state index in [9.17, 15) is 9.70 Å². The lowest BCUT2D eigenvalue weighted by Gasteiger charge is -2.10. The fourth-order valence-corrected chi connectivity index (χ4v) is 1.66. The maximum absolute atomic E-state index is 11.6. The van der Waals surface area contributed by atoms with Crippen molar-refractivity contribution >= 4 is 11.7 Å². The number of rotatable bonds is 4. The molecule has 7 heteroatoms. The number of aliphatic hydroxyl groups is 1. The van der Waals surface area contributed by atoms with Crippen LogP contribution in [-0.4, -0.2) is 48.1 Å². The van der Waals surface area contributed by atoms with Gasteiger partial charge in [0.1, 0.15) is 5.84 Å². The first-order valence-electron chi connectivity index (χ1n) is 5.90. The summed E-state index contributed by atoms with van der Waals surface area (Å²) >= 11 is 0. The van der Waals surface area contributed by atoms with Gasteiger partial charge in [-0.25, -0.2) is 0 Å². The van der Waals surface area contributed by atoms with Gasteiger partial charge in [0, 0.05) is 27.3 Å². The van der Waals surface area contributed by atoms with Gasteiger partial charge >= 0.3 is 0 Å². The SMILES string of the molecule is O=C(NCCO)c1ccc(C2=NC[N+](=O)CN2)cc1. The monoisotopic (exact) mass is 263 g/mol. The van der Waals surface area contributed by atoms with E-state index in [4.69, 9.17) is 5.11 Å². The lowest BCUT2D eigenvalue weighted by Crippen LogP contribution is -2.37. The summed E-state index contributed by atoms with van der Waals surface area (Å²) in [6.45, 7) is 0.461. The average molecular weight is 263 g/mol. The van der Waals surface area contributed by atoms with Crippen molar-refractivity contribution in [2.75, 3.05) is 26.5 Å². The molecule has 0 radical (unpaired) electrons. The van der Waals surface area contributed by atoms with Gasteiger partial charge in [-0.15, -0.1) is 0 Å². The van der Waals surface area contributed by atoms with Crippen LogP contribution in [0.5, 0.6) is 0 Å². The van der Waals surface area contributed by atoms with Crippen LogP contribution < -0.4 is 10.6 Å². The van der Waals surface area contributed by atoms with Crippen LogP contribution in [-0.2, 0) is 0 Å². The molecular weight excluding hydrogens is 248 g/mol. The highest BCUT2D eigenvalue weighted by Gasteiger charge is 2.16. The molecule has 0 bridgehead atoms. The highest BCUT2D eigenvalue weighted by Crippen LogP contribution is 2.06. The van der Waals surface area contributed by atoms with Crippen LogP contribution in [0.2, 0.25) is 0 Å². The Balaban J connectivity index is 2.06. The highest BCUT2D eigenvalue weighted by molar-refractivity contribution is 6.00. The maximum atomic E-state index is 11.6. The van der Waals surface area contributed by atoms with Gasteiger partial charge in [0.15, 0.2) is 0 Å². The summed E-state index contributed by atoms with van der Waals surface area (Å²) in [5, 5.41) is 14.1. The predicted molar refractivity (Wildman–Crippen MR) is 68.9 cm³/mol. The number of benzene rings is 1. The van der Waals surface area contributed by atoms with E-state index in [2.05, 4.69) is 15.6 Å². The van der Waals surface area contributed by atoms with E-state index in [1.165, 1.54) is 0 Å². The van der Waals surface area contributed by atoms with E-state index in [0.717, 1.165) is 10.3 Å². The lowest BCUT2D eigenvalue weighted by atomic mass is 10.1. The van der Waals surface area contributed by atoms with E-state index in [0.29, 0.717) is 11.4 Å². The van der Waals surface area contributed by atoms with Crippen molar-refractivity contribution in [3.8, 4) is 0 Å². The van der Waals surface area contributed by atoms with E-state index < -0.39 is 0 Å². The third-order valence-corrected chi connectivity index (χ3v) is 2.63. The quantitative estimate of drug-likeness (QED) is 0.635. The average Bonchev–Trinajstić information content (AvgIpc) is 2.46. The molecule has 1 heterocycles. The van der Waals surface area contributed by atoms with Crippen LogP contribution in [0, 0.1) is 4.91 Å². The molecule has 19 heavy (non-hydrogen) atoms. The number of carbonyl (C=O) groups is 1. The molecule has 1 aromatic rings. The van der Waals surface area contributed by atoms with Crippen LogP contribution in [0.1, 0.15) is 15.9 Å². The number of nitroso groups, excluding NO2 is 1. The van der Waals surface area contributed by atoms with Crippen molar-refractivity contribution in [1.82, 2.24) is 10.6 Å². The van der Waals surface area contributed by atoms with E-state index >= 15 is 0 Å².